The fourth-order valence-corrected chi connectivity index (χ4v) is 5.50. The van der Waals surface area contributed by atoms with Gasteiger partial charge in [-0.25, -0.2) is 0 Å². The van der Waals surface area contributed by atoms with Crippen LogP contribution in [-0.4, -0.2) is 22.3 Å². The van der Waals surface area contributed by atoms with Crippen molar-refractivity contribution < 1.29 is 9.47 Å². The lowest BCUT2D eigenvalue weighted by Crippen LogP contribution is -2.37. The van der Waals surface area contributed by atoms with Gasteiger partial charge in [0.25, 0.3) is 11.6 Å². The highest BCUT2D eigenvalue weighted by Gasteiger charge is 2.44. The van der Waals surface area contributed by atoms with Crippen LogP contribution in [0.3, 0.4) is 0 Å². The van der Waals surface area contributed by atoms with Gasteiger partial charge in [0, 0.05) is 30.6 Å². The number of nitrogens with zero attached hydrogens (tertiary/aromatic N) is 2. The van der Waals surface area contributed by atoms with Crippen molar-refractivity contribution >= 4 is 0 Å². The zero-order valence-electron chi connectivity index (χ0n) is 18.8. The monoisotopic (exact) mass is 450 g/mol. The molecular formula is C29H26N2O3. The van der Waals surface area contributed by atoms with E-state index < -0.39 is 5.60 Å². The van der Waals surface area contributed by atoms with Gasteiger partial charge in [0.05, 0.1) is 6.61 Å². The molecule has 5 heteroatoms. The fraction of sp³-hybridized carbons (Fsp3) is 0.241. The van der Waals surface area contributed by atoms with E-state index in [4.69, 9.17) is 9.47 Å². The molecule has 34 heavy (non-hydrogen) atoms. The number of hydrogen-bond acceptors (Lipinski definition) is 4. The lowest BCUT2D eigenvalue weighted by molar-refractivity contribution is -0.0264. The topological polar surface area (TPSA) is 53.4 Å². The van der Waals surface area contributed by atoms with Crippen molar-refractivity contribution in [2.24, 2.45) is 5.92 Å². The van der Waals surface area contributed by atoms with Crippen molar-refractivity contribution in [3.63, 3.8) is 0 Å². The van der Waals surface area contributed by atoms with Crippen LogP contribution in [0.5, 0.6) is 6.01 Å². The van der Waals surface area contributed by atoms with Gasteiger partial charge < -0.3 is 9.47 Å². The molecule has 0 amide bonds. The van der Waals surface area contributed by atoms with E-state index in [1.165, 1.54) is 6.07 Å². The standard InChI is InChI=1S/C29H26N2O3/c32-27-16-17-31-25-18-21(26(19-25)34-28(31)30-27)20-33-29(22-10-4-1-5-11-22,23-12-6-2-7-13-23)24-14-8-3-9-15-24/h1-17,21,25-26H,18-20H2. The van der Waals surface area contributed by atoms with Gasteiger partial charge >= 0.3 is 0 Å². The molecule has 2 bridgehead atoms. The highest BCUT2D eigenvalue weighted by atomic mass is 16.5. The summed E-state index contributed by atoms with van der Waals surface area (Å²) in [5.41, 5.74) is 2.25. The predicted molar refractivity (Wildman–Crippen MR) is 130 cm³/mol. The molecule has 170 valence electrons. The van der Waals surface area contributed by atoms with Crippen LogP contribution in [-0.2, 0) is 10.3 Å². The third-order valence-corrected chi connectivity index (χ3v) is 7.11. The molecule has 0 spiro atoms. The van der Waals surface area contributed by atoms with Crippen LogP contribution in [0.4, 0.5) is 0 Å². The minimum atomic E-state index is -0.749. The average Bonchev–Trinajstić information content (AvgIpc) is 3.22. The maximum absolute atomic E-state index is 11.8. The molecule has 1 aromatic heterocycles. The van der Waals surface area contributed by atoms with E-state index in [9.17, 15) is 4.79 Å². The van der Waals surface area contributed by atoms with E-state index in [1.54, 1.807) is 6.20 Å². The largest absolute Gasteiger partial charge is 0.461 e. The fourth-order valence-electron chi connectivity index (χ4n) is 5.50. The Morgan fingerprint density at radius 3 is 1.94 bits per heavy atom. The molecule has 1 aliphatic heterocycles. The van der Waals surface area contributed by atoms with Crippen LogP contribution < -0.4 is 10.3 Å². The highest BCUT2D eigenvalue weighted by Crippen LogP contribution is 2.45. The van der Waals surface area contributed by atoms with E-state index in [0.717, 1.165) is 29.5 Å². The number of aromatic nitrogens is 2. The molecule has 3 atom stereocenters. The molecule has 2 aliphatic rings. The Kier molecular flexibility index (Phi) is 5.27. The van der Waals surface area contributed by atoms with Gasteiger partial charge in [-0.05, 0) is 23.1 Å². The minimum Gasteiger partial charge on any atom is -0.461 e. The summed E-state index contributed by atoms with van der Waals surface area (Å²) >= 11 is 0. The number of benzene rings is 3. The molecule has 0 N–H and O–H groups in total. The summed E-state index contributed by atoms with van der Waals surface area (Å²) in [4.78, 5) is 15.8. The van der Waals surface area contributed by atoms with Crippen molar-refractivity contribution in [3.05, 3.63) is 130 Å². The Labute approximate surface area is 198 Å². The molecule has 3 unspecified atom stereocenters. The Morgan fingerprint density at radius 1 is 0.824 bits per heavy atom. The summed E-state index contributed by atoms with van der Waals surface area (Å²) in [5, 5.41) is 0. The second-order valence-corrected chi connectivity index (χ2v) is 9.09. The van der Waals surface area contributed by atoms with Crippen molar-refractivity contribution in [3.8, 4) is 6.01 Å². The Balaban J connectivity index is 1.38. The van der Waals surface area contributed by atoms with Gasteiger partial charge in [-0.15, -0.1) is 0 Å². The first-order chi connectivity index (χ1) is 16.7. The van der Waals surface area contributed by atoms with Crippen LogP contribution in [0.25, 0.3) is 0 Å². The van der Waals surface area contributed by atoms with Gasteiger partial charge in [0.2, 0.25) is 0 Å². The molecule has 1 fully saturated rings. The third-order valence-electron chi connectivity index (χ3n) is 7.11. The molecule has 3 aromatic carbocycles. The molecule has 6 rings (SSSR count). The number of hydrogen-bond donors (Lipinski definition) is 0. The Bertz CT molecular complexity index is 1230. The van der Waals surface area contributed by atoms with Gasteiger partial charge in [0.1, 0.15) is 11.7 Å². The molecule has 1 aliphatic carbocycles. The van der Waals surface area contributed by atoms with E-state index >= 15 is 0 Å². The van der Waals surface area contributed by atoms with Crippen LogP contribution in [0, 0.1) is 5.92 Å². The van der Waals surface area contributed by atoms with E-state index in [-0.39, 0.29) is 23.6 Å². The Hall–Kier alpha value is -3.70. The zero-order chi connectivity index (χ0) is 23.0. The molecule has 5 nitrogen and oxygen atoms in total. The van der Waals surface area contributed by atoms with Crippen LogP contribution in [0.1, 0.15) is 35.6 Å². The first kappa shape index (κ1) is 20.9. The van der Waals surface area contributed by atoms with Gasteiger partial charge in [0.15, 0.2) is 0 Å². The van der Waals surface area contributed by atoms with Crippen molar-refractivity contribution in [1.29, 1.82) is 0 Å². The number of fused-ring (bicyclic) bond motifs is 4. The molecule has 4 aromatic rings. The summed E-state index contributed by atoms with van der Waals surface area (Å²) in [6, 6.07) is 33.5. The van der Waals surface area contributed by atoms with Gasteiger partial charge in [-0.3, -0.25) is 9.36 Å². The van der Waals surface area contributed by atoms with Crippen LogP contribution >= 0.6 is 0 Å². The van der Waals surface area contributed by atoms with E-state index in [1.807, 2.05) is 22.8 Å². The second kappa shape index (κ2) is 8.58. The van der Waals surface area contributed by atoms with Gasteiger partial charge in [-0.1, -0.05) is 91.0 Å². The van der Waals surface area contributed by atoms with E-state index in [2.05, 4.69) is 77.8 Å². The minimum absolute atomic E-state index is 0.0145. The quantitative estimate of drug-likeness (QED) is 0.390. The molecule has 2 heterocycles. The molecular weight excluding hydrogens is 424 g/mol. The first-order valence-electron chi connectivity index (χ1n) is 11.8. The third kappa shape index (κ3) is 3.53. The Morgan fingerprint density at radius 2 is 1.38 bits per heavy atom. The van der Waals surface area contributed by atoms with Crippen molar-refractivity contribution in [2.75, 3.05) is 6.61 Å². The first-order valence-corrected chi connectivity index (χ1v) is 11.8. The lowest BCUT2D eigenvalue weighted by atomic mass is 9.80. The van der Waals surface area contributed by atoms with Crippen molar-refractivity contribution in [1.82, 2.24) is 9.55 Å². The van der Waals surface area contributed by atoms with Gasteiger partial charge in [-0.2, -0.15) is 4.98 Å². The van der Waals surface area contributed by atoms with Crippen LogP contribution in [0.15, 0.2) is 108 Å². The summed E-state index contributed by atoms with van der Waals surface area (Å²) in [7, 11) is 0. The predicted octanol–water partition coefficient (Wildman–Crippen LogP) is 4.96. The van der Waals surface area contributed by atoms with Crippen LogP contribution in [0.2, 0.25) is 0 Å². The maximum Gasteiger partial charge on any atom is 0.300 e. The normalized spacial score (nSPS) is 21.0. The number of ether oxygens (including phenoxy) is 2. The van der Waals surface area contributed by atoms with Crippen molar-refractivity contribution in [2.45, 2.75) is 30.6 Å². The summed E-state index contributed by atoms with van der Waals surface area (Å²) in [6.45, 7) is 0.526. The second-order valence-electron chi connectivity index (χ2n) is 9.09. The smallest absolute Gasteiger partial charge is 0.300 e. The zero-order valence-corrected chi connectivity index (χ0v) is 18.8. The summed E-state index contributed by atoms with van der Waals surface area (Å²) in [6.07, 6.45) is 3.62. The molecule has 0 radical (unpaired) electrons. The van der Waals surface area contributed by atoms with E-state index in [0.29, 0.717) is 12.6 Å². The maximum atomic E-state index is 11.8. The molecule has 0 saturated heterocycles. The lowest BCUT2D eigenvalue weighted by Gasteiger charge is -2.37. The average molecular weight is 451 g/mol. The molecule has 1 saturated carbocycles. The SMILES string of the molecule is O=c1ccn2c(n1)OC1CC2CC1COC(c1ccccc1)(c1ccccc1)c1ccccc1. The summed E-state index contributed by atoms with van der Waals surface area (Å²) < 4.78 is 15.2. The highest BCUT2D eigenvalue weighted by molar-refractivity contribution is 5.47. The number of rotatable bonds is 6. The summed E-state index contributed by atoms with van der Waals surface area (Å²) in [5.74, 6) is 0.192.